The fourth-order valence-electron chi connectivity index (χ4n) is 1.59. The van der Waals surface area contributed by atoms with E-state index in [0.29, 0.717) is 27.1 Å². The van der Waals surface area contributed by atoms with Crippen LogP contribution in [-0.2, 0) is 0 Å². The summed E-state index contributed by atoms with van der Waals surface area (Å²) in [6.45, 7) is 3.93. The quantitative estimate of drug-likeness (QED) is 0.909. The monoisotopic (exact) mass is 282 g/mol. The van der Waals surface area contributed by atoms with Crippen LogP contribution in [-0.4, -0.2) is 9.97 Å². The average molecular weight is 283 g/mol. The Bertz CT molecular complexity index is 635. The van der Waals surface area contributed by atoms with Crippen LogP contribution in [0.15, 0.2) is 29.1 Å². The van der Waals surface area contributed by atoms with Gasteiger partial charge in [0, 0.05) is 22.6 Å². The van der Waals surface area contributed by atoms with Crippen LogP contribution < -0.4 is 5.56 Å². The molecule has 3 nitrogen and oxygen atoms in total. The fraction of sp³-hybridized carbons (Fsp3) is 0.231. The molecule has 0 aliphatic carbocycles. The van der Waals surface area contributed by atoms with Crippen molar-refractivity contribution in [2.45, 2.75) is 19.8 Å². The van der Waals surface area contributed by atoms with Gasteiger partial charge in [0.05, 0.1) is 10.7 Å². The molecule has 1 heterocycles. The predicted molar refractivity (Wildman–Crippen MR) is 74.4 cm³/mol. The third-order valence-corrected chi connectivity index (χ3v) is 3.06. The Balaban J connectivity index is 2.60. The summed E-state index contributed by atoms with van der Waals surface area (Å²) in [6, 6.07) is 6.55. The molecule has 0 unspecified atom stereocenters. The van der Waals surface area contributed by atoms with Gasteiger partial charge in [-0.05, 0) is 18.2 Å². The Morgan fingerprint density at radius 2 is 1.94 bits per heavy atom. The number of aromatic amines is 1. The standard InChI is InChI=1S/C13H12Cl2N2O/c1-7(2)13-16-11(6-12(18)17-13)9-4-3-8(14)5-10(9)15/h3-7H,1-2H3,(H,16,17,18). The van der Waals surface area contributed by atoms with Gasteiger partial charge in [-0.2, -0.15) is 0 Å². The van der Waals surface area contributed by atoms with Crippen LogP contribution in [0.4, 0.5) is 0 Å². The van der Waals surface area contributed by atoms with E-state index < -0.39 is 0 Å². The van der Waals surface area contributed by atoms with Crippen LogP contribution in [0.3, 0.4) is 0 Å². The number of H-pyrrole nitrogens is 1. The van der Waals surface area contributed by atoms with E-state index >= 15 is 0 Å². The highest BCUT2D eigenvalue weighted by Gasteiger charge is 2.10. The Morgan fingerprint density at radius 3 is 2.56 bits per heavy atom. The summed E-state index contributed by atoms with van der Waals surface area (Å²) >= 11 is 12.0. The lowest BCUT2D eigenvalue weighted by molar-refractivity contribution is 0.768. The molecule has 5 heteroatoms. The average Bonchev–Trinajstić information content (AvgIpc) is 2.27. The van der Waals surface area contributed by atoms with Gasteiger partial charge in [-0.25, -0.2) is 4.98 Å². The molecule has 2 rings (SSSR count). The Labute approximate surface area is 115 Å². The molecule has 0 bridgehead atoms. The molecule has 2 aromatic rings. The lowest BCUT2D eigenvalue weighted by Gasteiger charge is -2.08. The summed E-state index contributed by atoms with van der Waals surface area (Å²) in [4.78, 5) is 18.7. The molecule has 0 fully saturated rings. The van der Waals surface area contributed by atoms with Crippen LogP contribution in [0.5, 0.6) is 0 Å². The highest BCUT2D eigenvalue weighted by Crippen LogP contribution is 2.28. The minimum Gasteiger partial charge on any atom is -0.310 e. The maximum Gasteiger partial charge on any atom is 0.251 e. The molecule has 0 radical (unpaired) electrons. The first-order valence-corrected chi connectivity index (χ1v) is 6.29. The number of rotatable bonds is 2. The highest BCUT2D eigenvalue weighted by molar-refractivity contribution is 6.36. The van der Waals surface area contributed by atoms with Crippen molar-refractivity contribution in [3.63, 3.8) is 0 Å². The van der Waals surface area contributed by atoms with Gasteiger partial charge in [-0.3, -0.25) is 4.79 Å². The van der Waals surface area contributed by atoms with Crippen molar-refractivity contribution in [1.29, 1.82) is 0 Å². The Kier molecular flexibility index (Phi) is 3.73. The molecule has 0 saturated heterocycles. The highest BCUT2D eigenvalue weighted by atomic mass is 35.5. The number of aromatic nitrogens is 2. The van der Waals surface area contributed by atoms with E-state index in [9.17, 15) is 4.79 Å². The van der Waals surface area contributed by atoms with E-state index in [2.05, 4.69) is 9.97 Å². The van der Waals surface area contributed by atoms with Gasteiger partial charge in [0.15, 0.2) is 0 Å². The predicted octanol–water partition coefficient (Wildman–Crippen LogP) is 3.87. The van der Waals surface area contributed by atoms with Crippen molar-refractivity contribution in [2.24, 2.45) is 0 Å². The number of hydrogen-bond acceptors (Lipinski definition) is 2. The molecule has 0 saturated carbocycles. The van der Waals surface area contributed by atoms with Crippen molar-refractivity contribution in [3.8, 4) is 11.3 Å². The van der Waals surface area contributed by atoms with E-state index in [0.717, 1.165) is 0 Å². The van der Waals surface area contributed by atoms with Crippen LogP contribution in [0, 0.1) is 0 Å². The van der Waals surface area contributed by atoms with E-state index in [4.69, 9.17) is 23.2 Å². The summed E-state index contributed by atoms with van der Waals surface area (Å²) in [5.74, 6) is 0.784. The molecular formula is C13H12Cl2N2O. The van der Waals surface area contributed by atoms with Crippen molar-refractivity contribution in [2.75, 3.05) is 0 Å². The van der Waals surface area contributed by atoms with Crippen LogP contribution in [0.25, 0.3) is 11.3 Å². The normalized spacial score (nSPS) is 10.9. The van der Waals surface area contributed by atoms with Crippen molar-refractivity contribution < 1.29 is 0 Å². The summed E-state index contributed by atoms with van der Waals surface area (Å²) in [5, 5.41) is 1.04. The number of halogens is 2. The van der Waals surface area contributed by atoms with E-state index in [1.54, 1.807) is 18.2 Å². The third-order valence-electron chi connectivity index (χ3n) is 2.51. The first-order valence-electron chi connectivity index (χ1n) is 5.54. The minimum atomic E-state index is -0.185. The van der Waals surface area contributed by atoms with E-state index in [1.807, 2.05) is 13.8 Å². The Morgan fingerprint density at radius 1 is 1.22 bits per heavy atom. The molecule has 1 aromatic heterocycles. The van der Waals surface area contributed by atoms with Gasteiger partial charge >= 0.3 is 0 Å². The topological polar surface area (TPSA) is 45.8 Å². The molecular weight excluding hydrogens is 271 g/mol. The first kappa shape index (κ1) is 13.1. The molecule has 94 valence electrons. The van der Waals surface area contributed by atoms with Gasteiger partial charge in [0.1, 0.15) is 5.82 Å². The maximum atomic E-state index is 11.6. The van der Waals surface area contributed by atoms with Crippen molar-refractivity contribution in [3.05, 3.63) is 50.5 Å². The summed E-state index contributed by atoms with van der Waals surface area (Å²) in [7, 11) is 0. The van der Waals surface area contributed by atoms with Crippen LogP contribution in [0.2, 0.25) is 10.0 Å². The molecule has 0 atom stereocenters. The number of hydrogen-bond donors (Lipinski definition) is 1. The third kappa shape index (κ3) is 2.74. The molecule has 1 aromatic carbocycles. The van der Waals surface area contributed by atoms with Crippen LogP contribution in [0.1, 0.15) is 25.6 Å². The maximum absolute atomic E-state index is 11.6. The second-order valence-electron chi connectivity index (χ2n) is 4.29. The lowest BCUT2D eigenvalue weighted by atomic mass is 10.1. The summed E-state index contributed by atoms with van der Waals surface area (Å²) < 4.78 is 0. The first-order chi connectivity index (χ1) is 8.47. The second-order valence-corrected chi connectivity index (χ2v) is 5.14. The molecule has 18 heavy (non-hydrogen) atoms. The largest absolute Gasteiger partial charge is 0.310 e. The molecule has 0 spiro atoms. The lowest BCUT2D eigenvalue weighted by Crippen LogP contribution is -2.12. The fourth-order valence-corrected chi connectivity index (χ4v) is 2.09. The van der Waals surface area contributed by atoms with E-state index in [-0.39, 0.29) is 11.5 Å². The zero-order valence-corrected chi connectivity index (χ0v) is 11.5. The van der Waals surface area contributed by atoms with Gasteiger partial charge < -0.3 is 4.98 Å². The molecule has 0 aliphatic rings. The van der Waals surface area contributed by atoms with Gasteiger partial charge in [0.25, 0.3) is 5.56 Å². The second kappa shape index (κ2) is 5.12. The van der Waals surface area contributed by atoms with E-state index in [1.165, 1.54) is 6.07 Å². The smallest absolute Gasteiger partial charge is 0.251 e. The number of benzene rings is 1. The van der Waals surface area contributed by atoms with Gasteiger partial charge in [0.2, 0.25) is 0 Å². The van der Waals surface area contributed by atoms with Crippen LogP contribution >= 0.6 is 23.2 Å². The Hall–Kier alpha value is -1.32. The minimum absolute atomic E-state index is 0.142. The molecule has 1 N–H and O–H groups in total. The summed E-state index contributed by atoms with van der Waals surface area (Å²) in [5.41, 5.74) is 1.08. The van der Waals surface area contributed by atoms with Gasteiger partial charge in [-0.1, -0.05) is 37.0 Å². The van der Waals surface area contributed by atoms with Gasteiger partial charge in [-0.15, -0.1) is 0 Å². The zero-order chi connectivity index (χ0) is 13.3. The number of nitrogens with one attached hydrogen (secondary N) is 1. The van der Waals surface area contributed by atoms with Crippen molar-refractivity contribution in [1.82, 2.24) is 9.97 Å². The number of nitrogens with zero attached hydrogens (tertiary/aromatic N) is 1. The summed E-state index contributed by atoms with van der Waals surface area (Å²) in [6.07, 6.45) is 0. The molecule has 0 aliphatic heterocycles. The van der Waals surface area contributed by atoms with Crippen molar-refractivity contribution >= 4 is 23.2 Å². The molecule has 0 amide bonds. The SMILES string of the molecule is CC(C)c1nc(-c2ccc(Cl)cc2Cl)cc(=O)[nH]1. The zero-order valence-electron chi connectivity index (χ0n) is 10.00.